The highest BCUT2D eigenvalue weighted by Gasteiger charge is 2.09. The van der Waals surface area contributed by atoms with Crippen molar-refractivity contribution in [3.8, 4) is 5.69 Å². The van der Waals surface area contributed by atoms with Gasteiger partial charge in [-0.25, -0.2) is 4.68 Å². The lowest BCUT2D eigenvalue weighted by molar-refractivity contribution is 0.0950. The van der Waals surface area contributed by atoms with E-state index in [0.29, 0.717) is 16.8 Å². The molecule has 0 aliphatic rings. The van der Waals surface area contributed by atoms with Gasteiger partial charge >= 0.3 is 0 Å². The molecule has 0 saturated carbocycles. The Hall–Kier alpha value is -3.68. The number of nitrogens with zero attached hydrogens (tertiary/aromatic N) is 6. The molecule has 0 atom stereocenters. The van der Waals surface area contributed by atoms with Crippen molar-refractivity contribution in [2.75, 3.05) is 0 Å². The van der Waals surface area contributed by atoms with E-state index in [0.717, 1.165) is 11.2 Å². The highest BCUT2D eigenvalue weighted by molar-refractivity contribution is 5.97. The summed E-state index contributed by atoms with van der Waals surface area (Å²) in [5.74, 6) is -0.203. The molecule has 0 unspecified atom stereocenters. The van der Waals surface area contributed by atoms with Crippen LogP contribution >= 0.6 is 0 Å². The summed E-state index contributed by atoms with van der Waals surface area (Å²) in [6.07, 6.45) is 8.35. The largest absolute Gasteiger partial charge is 0.346 e. The Morgan fingerprint density at radius 1 is 1.00 bits per heavy atom. The van der Waals surface area contributed by atoms with Gasteiger partial charge in [-0.3, -0.25) is 19.7 Å². The third-order valence-corrected chi connectivity index (χ3v) is 3.63. The van der Waals surface area contributed by atoms with Crippen LogP contribution in [-0.2, 0) is 6.54 Å². The van der Waals surface area contributed by atoms with E-state index in [9.17, 15) is 4.79 Å². The molecule has 3 aromatic heterocycles. The maximum Gasteiger partial charge on any atom is 0.251 e. The van der Waals surface area contributed by atoms with Gasteiger partial charge in [0.05, 0.1) is 29.5 Å². The molecule has 0 saturated heterocycles. The number of carbonyl (C=O) groups excluding carboxylic acids is 1. The van der Waals surface area contributed by atoms with Gasteiger partial charge in [-0.2, -0.15) is 0 Å². The number of fused-ring (bicyclic) bond motifs is 1. The average Bonchev–Trinajstić information content (AvgIpc) is 3.15. The topological polar surface area (TPSA) is 98.5 Å². The van der Waals surface area contributed by atoms with Crippen molar-refractivity contribution in [2.45, 2.75) is 6.54 Å². The zero-order valence-electron chi connectivity index (χ0n) is 13.1. The summed E-state index contributed by atoms with van der Waals surface area (Å²) >= 11 is 0. The molecule has 122 valence electrons. The minimum atomic E-state index is -0.203. The molecule has 25 heavy (non-hydrogen) atoms. The van der Waals surface area contributed by atoms with Crippen LogP contribution in [0.5, 0.6) is 0 Å². The Morgan fingerprint density at radius 3 is 2.64 bits per heavy atom. The molecule has 3 heterocycles. The van der Waals surface area contributed by atoms with E-state index in [1.807, 2.05) is 12.1 Å². The zero-order valence-corrected chi connectivity index (χ0v) is 13.1. The lowest BCUT2D eigenvalue weighted by Crippen LogP contribution is -2.23. The van der Waals surface area contributed by atoms with E-state index in [4.69, 9.17) is 0 Å². The SMILES string of the molecule is O=C(NCc1cn(-c2ccncc2)nn1)c1ccc2nccnc2c1. The fourth-order valence-electron chi connectivity index (χ4n) is 2.38. The summed E-state index contributed by atoms with van der Waals surface area (Å²) in [7, 11) is 0. The van der Waals surface area contributed by atoms with E-state index in [-0.39, 0.29) is 12.5 Å². The standard InChI is InChI=1S/C17H13N7O/c25-17(12-1-2-15-16(9-12)20-8-7-19-15)21-10-13-11-24(23-22-13)14-3-5-18-6-4-14/h1-9,11H,10H2,(H,21,25). The predicted molar refractivity (Wildman–Crippen MR) is 89.9 cm³/mol. The second-order valence-electron chi connectivity index (χ2n) is 5.30. The maximum atomic E-state index is 12.3. The van der Waals surface area contributed by atoms with Crippen molar-refractivity contribution in [1.29, 1.82) is 0 Å². The highest BCUT2D eigenvalue weighted by atomic mass is 16.1. The summed E-state index contributed by atoms with van der Waals surface area (Å²) in [4.78, 5) is 24.7. The van der Waals surface area contributed by atoms with Crippen molar-refractivity contribution in [3.05, 3.63) is 72.6 Å². The smallest absolute Gasteiger partial charge is 0.251 e. The fourth-order valence-corrected chi connectivity index (χ4v) is 2.38. The van der Waals surface area contributed by atoms with Crippen molar-refractivity contribution in [1.82, 2.24) is 35.3 Å². The van der Waals surface area contributed by atoms with Gasteiger partial charge in [-0.15, -0.1) is 5.10 Å². The summed E-state index contributed by atoms with van der Waals surface area (Å²) in [5.41, 5.74) is 3.46. The first-order valence-corrected chi connectivity index (χ1v) is 7.60. The van der Waals surface area contributed by atoms with Crippen LogP contribution in [0.15, 0.2) is 61.3 Å². The first kappa shape index (κ1) is 14.9. The van der Waals surface area contributed by atoms with Gasteiger partial charge in [0.15, 0.2) is 0 Å². The average molecular weight is 331 g/mol. The number of carbonyl (C=O) groups is 1. The van der Waals surface area contributed by atoms with Gasteiger partial charge in [0.25, 0.3) is 5.91 Å². The van der Waals surface area contributed by atoms with E-state index < -0.39 is 0 Å². The predicted octanol–water partition coefficient (Wildman–Crippen LogP) is 1.54. The van der Waals surface area contributed by atoms with E-state index in [2.05, 4.69) is 30.6 Å². The first-order chi connectivity index (χ1) is 12.3. The Morgan fingerprint density at radius 2 is 1.80 bits per heavy atom. The number of amides is 1. The molecule has 0 aliphatic heterocycles. The summed E-state index contributed by atoms with van der Waals surface area (Å²) in [6, 6.07) is 8.86. The van der Waals surface area contributed by atoms with Gasteiger partial charge in [-0.05, 0) is 30.3 Å². The Kier molecular flexibility index (Phi) is 3.83. The second-order valence-corrected chi connectivity index (χ2v) is 5.30. The van der Waals surface area contributed by atoms with Crippen molar-refractivity contribution in [2.24, 2.45) is 0 Å². The van der Waals surface area contributed by atoms with Crippen LogP contribution in [0.25, 0.3) is 16.7 Å². The van der Waals surface area contributed by atoms with Gasteiger partial charge in [0.1, 0.15) is 5.69 Å². The van der Waals surface area contributed by atoms with Crippen molar-refractivity contribution >= 4 is 16.9 Å². The van der Waals surface area contributed by atoms with Crippen LogP contribution in [0.2, 0.25) is 0 Å². The van der Waals surface area contributed by atoms with Crippen LogP contribution in [0.4, 0.5) is 0 Å². The summed E-state index contributed by atoms with van der Waals surface area (Å²) in [6.45, 7) is 0.280. The molecule has 0 radical (unpaired) electrons. The molecule has 1 amide bonds. The molecule has 0 aliphatic carbocycles. The van der Waals surface area contributed by atoms with Crippen LogP contribution in [0.1, 0.15) is 16.1 Å². The molecule has 0 fully saturated rings. The molecule has 4 aromatic rings. The van der Waals surface area contributed by atoms with Crippen LogP contribution in [0, 0.1) is 0 Å². The minimum Gasteiger partial charge on any atom is -0.346 e. The van der Waals surface area contributed by atoms with Gasteiger partial charge in [0.2, 0.25) is 0 Å². The van der Waals surface area contributed by atoms with Crippen molar-refractivity contribution in [3.63, 3.8) is 0 Å². The second kappa shape index (κ2) is 6.44. The minimum absolute atomic E-state index is 0.203. The maximum absolute atomic E-state index is 12.3. The van der Waals surface area contributed by atoms with Crippen LogP contribution in [0.3, 0.4) is 0 Å². The number of nitrogens with one attached hydrogen (secondary N) is 1. The highest BCUT2D eigenvalue weighted by Crippen LogP contribution is 2.11. The molecule has 4 rings (SSSR count). The summed E-state index contributed by atoms with van der Waals surface area (Å²) < 4.78 is 1.63. The normalized spacial score (nSPS) is 10.7. The fraction of sp³-hybridized carbons (Fsp3) is 0.0588. The monoisotopic (exact) mass is 331 g/mol. The van der Waals surface area contributed by atoms with Crippen LogP contribution in [-0.4, -0.2) is 35.9 Å². The first-order valence-electron chi connectivity index (χ1n) is 7.60. The number of hydrogen-bond acceptors (Lipinski definition) is 6. The van der Waals surface area contributed by atoms with Gasteiger partial charge < -0.3 is 5.32 Å². The Labute approximate surface area is 142 Å². The molecule has 1 N–H and O–H groups in total. The van der Waals surface area contributed by atoms with E-state index in [1.54, 1.807) is 53.9 Å². The third kappa shape index (κ3) is 3.18. The number of pyridine rings is 1. The zero-order chi connectivity index (χ0) is 17.1. The molecule has 8 nitrogen and oxygen atoms in total. The number of aromatic nitrogens is 6. The molecule has 1 aromatic carbocycles. The molecule has 0 bridgehead atoms. The molecular weight excluding hydrogens is 318 g/mol. The Bertz CT molecular complexity index is 1030. The van der Waals surface area contributed by atoms with Gasteiger partial charge in [0, 0.05) is 30.4 Å². The van der Waals surface area contributed by atoms with Crippen molar-refractivity contribution < 1.29 is 4.79 Å². The molecule has 8 heteroatoms. The molecular formula is C17H13N7O. The third-order valence-electron chi connectivity index (χ3n) is 3.63. The number of rotatable bonds is 4. The number of benzene rings is 1. The lowest BCUT2D eigenvalue weighted by atomic mass is 10.2. The van der Waals surface area contributed by atoms with E-state index >= 15 is 0 Å². The van der Waals surface area contributed by atoms with Gasteiger partial charge in [-0.1, -0.05) is 5.21 Å². The van der Waals surface area contributed by atoms with Crippen LogP contribution < -0.4 is 5.32 Å². The Balaban J connectivity index is 1.45. The molecule has 0 spiro atoms. The number of hydrogen-bond donors (Lipinski definition) is 1. The lowest BCUT2D eigenvalue weighted by Gasteiger charge is -2.04. The van der Waals surface area contributed by atoms with E-state index in [1.165, 1.54) is 0 Å². The summed E-state index contributed by atoms with van der Waals surface area (Å²) in [5, 5.41) is 10.9. The quantitative estimate of drug-likeness (QED) is 0.609.